The maximum Gasteiger partial charge on any atom is 0.415 e. The molecule has 1 heterocycles. The highest BCUT2D eigenvalue weighted by Gasteiger charge is 2.38. The van der Waals surface area contributed by atoms with E-state index in [-0.39, 0.29) is 4.90 Å². The fraction of sp³-hybridized carbons (Fsp3) is 0.167. The molecule has 2 rings (SSSR count). The van der Waals surface area contributed by atoms with Crippen LogP contribution in [-0.4, -0.2) is 41.8 Å². The van der Waals surface area contributed by atoms with Crippen molar-refractivity contribution in [2.75, 3.05) is 0 Å². The van der Waals surface area contributed by atoms with Gasteiger partial charge in [0.05, 0.1) is 16.5 Å². The molecule has 24 heavy (non-hydrogen) atoms. The number of sulfone groups is 1. The van der Waals surface area contributed by atoms with E-state index in [0.29, 0.717) is 0 Å². The molecule has 0 bridgehead atoms. The number of hydrogen-bond acceptors (Lipinski definition) is 8. The molecule has 0 spiro atoms. The molecule has 2 aromatic rings. The summed E-state index contributed by atoms with van der Waals surface area (Å²) < 4.78 is 33.8. The van der Waals surface area contributed by atoms with Crippen LogP contribution in [0, 0.1) is 5.21 Å². The average Bonchev–Trinajstić information content (AvgIpc) is 2.88. The number of carbonyl (C=O) groups is 2. The summed E-state index contributed by atoms with van der Waals surface area (Å²) in [4.78, 5) is 20.9. The van der Waals surface area contributed by atoms with Crippen LogP contribution in [0.2, 0.25) is 0 Å². The minimum absolute atomic E-state index is 0.284. The largest absolute Gasteiger partial charge is 0.481 e. The summed E-state index contributed by atoms with van der Waals surface area (Å²) in [5, 5.41) is 31.1. The van der Waals surface area contributed by atoms with Crippen LogP contribution in [-0.2, 0) is 19.4 Å². The van der Waals surface area contributed by atoms with Crippen molar-refractivity contribution in [1.82, 2.24) is 5.16 Å². The normalized spacial score (nSPS) is 12.5. The van der Waals surface area contributed by atoms with E-state index >= 15 is 0 Å². The zero-order valence-electron chi connectivity index (χ0n) is 11.7. The summed E-state index contributed by atoms with van der Waals surface area (Å²) in [7, 11) is -4.43. The summed E-state index contributed by atoms with van der Waals surface area (Å²) >= 11 is 0. The molecular formula is C12H10N2O9S. The van der Waals surface area contributed by atoms with Crippen molar-refractivity contribution in [2.45, 2.75) is 22.4 Å². The summed E-state index contributed by atoms with van der Waals surface area (Å²) in [6.45, 7) is 0. The minimum atomic E-state index is -4.43. The molecule has 0 amide bonds. The van der Waals surface area contributed by atoms with Crippen molar-refractivity contribution >= 4 is 21.8 Å². The molecule has 12 heteroatoms. The van der Waals surface area contributed by atoms with Gasteiger partial charge in [0.1, 0.15) is 0 Å². The average molecular weight is 358 g/mol. The second-order valence-electron chi connectivity index (χ2n) is 4.40. The third-order valence-electron chi connectivity index (χ3n) is 2.74. The first-order chi connectivity index (χ1) is 11.2. The molecule has 1 aromatic heterocycles. The van der Waals surface area contributed by atoms with E-state index in [9.17, 15) is 23.2 Å². The number of aromatic nitrogens is 2. The molecule has 0 aliphatic heterocycles. The SMILES string of the molecule is O=C(O)CC(Oc1no[n+]([O-])c1S(=O)(=O)c1ccccc1)C(=O)O. The molecule has 0 aliphatic carbocycles. The van der Waals surface area contributed by atoms with E-state index in [2.05, 4.69) is 9.79 Å². The van der Waals surface area contributed by atoms with Crippen molar-refractivity contribution in [1.29, 1.82) is 0 Å². The van der Waals surface area contributed by atoms with Crippen LogP contribution in [0.4, 0.5) is 0 Å². The highest BCUT2D eigenvalue weighted by molar-refractivity contribution is 7.91. The van der Waals surface area contributed by atoms with Gasteiger partial charge in [0.15, 0.2) is 0 Å². The number of rotatable bonds is 7. The Kier molecular flexibility index (Phi) is 4.69. The number of nitrogens with zero attached hydrogens (tertiary/aromatic N) is 2. The fourth-order valence-electron chi connectivity index (χ4n) is 1.70. The first kappa shape index (κ1) is 17.2. The molecule has 0 radical (unpaired) electrons. The molecule has 1 unspecified atom stereocenters. The van der Waals surface area contributed by atoms with Gasteiger partial charge in [0.2, 0.25) is 6.10 Å². The Hall–Kier alpha value is -3.15. The number of carboxylic acids is 2. The van der Waals surface area contributed by atoms with Crippen molar-refractivity contribution in [3.63, 3.8) is 0 Å². The Labute approximate surface area is 134 Å². The Morgan fingerprint density at radius 1 is 1.29 bits per heavy atom. The predicted molar refractivity (Wildman–Crippen MR) is 71.7 cm³/mol. The maximum absolute atomic E-state index is 12.4. The van der Waals surface area contributed by atoms with E-state index in [1.165, 1.54) is 24.3 Å². The molecule has 2 N–H and O–H groups in total. The van der Waals surface area contributed by atoms with Gasteiger partial charge in [0.25, 0.3) is 9.84 Å². The molecule has 1 atom stereocenters. The Balaban J connectivity index is 2.45. The second kappa shape index (κ2) is 6.54. The van der Waals surface area contributed by atoms with Crippen LogP contribution in [0.25, 0.3) is 0 Å². The number of hydrogen-bond donors (Lipinski definition) is 2. The third kappa shape index (κ3) is 3.43. The Bertz CT molecular complexity index is 860. The molecule has 0 saturated heterocycles. The third-order valence-corrected chi connectivity index (χ3v) is 4.47. The molecule has 128 valence electrons. The van der Waals surface area contributed by atoms with Crippen LogP contribution in [0.3, 0.4) is 0 Å². The van der Waals surface area contributed by atoms with Crippen LogP contribution >= 0.6 is 0 Å². The van der Waals surface area contributed by atoms with Gasteiger partial charge in [-0.25, -0.2) is 13.2 Å². The highest BCUT2D eigenvalue weighted by Crippen LogP contribution is 2.26. The standard InChI is InChI=1S/C12H10N2O9S/c15-9(16)6-8(12(17)18)22-10-11(14(19)23-13-10)24(20,21)7-4-2-1-3-5-7/h1-5,8H,6H2,(H,15,16)(H,17,18). The van der Waals surface area contributed by atoms with Crippen molar-refractivity contribution < 1.29 is 42.5 Å². The van der Waals surface area contributed by atoms with Crippen molar-refractivity contribution in [3.05, 3.63) is 35.5 Å². The summed E-state index contributed by atoms with van der Waals surface area (Å²) in [6.07, 6.45) is -2.94. The zero-order chi connectivity index (χ0) is 17.9. The number of benzene rings is 1. The topological polar surface area (TPSA) is 171 Å². The molecule has 0 aliphatic rings. The van der Waals surface area contributed by atoms with Crippen LogP contribution in [0.5, 0.6) is 5.88 Å². The number of aliphatic carboxylic acids is 2. The number of ether oxygens (including phenoxy) is 1. The lowest BCUT2D eigenvalue weighted by atomic mass is 10.2. The minimum Gasteiger partial charge on any atom is -0.481 e. The monoisotopic (exact) mass is 358 g/mol. The molecule has 0 fully saturated rings. The van der Waals surface area contributed by atoms with E-state index in [4.69, 9.17) is 14.9 Å². The molecule has 11 nitrogen and oxygen atoms in total. The van der Waals surface area contributed by atoms with Gasteiger partial charge in [-0.15, -0.1) is 0 Å². The smallest absolute Gasteiger partial charge is 0.415 e. The first-order valence-corrected chi connectivity index (χ1v) is 7.73. The van der Waals surface area contributed by atoms with Crippen molar-refractivity contribution in [2.24, 2.45) is 0 Å². The maximum atomic E-state index is 12.4. The van der Waals surface area contributed by atoms with E-state index in [1.807, 2.05) is 0 Å². The highest BCUT2D eigenvalue weighted by atomic mass is 32.2. The lowest BCUT2D eigenvalue weighted by molar-refractivity contribution is -0.832. The second-order valence-corrected chi connectivity index (χ2v) is 6.26. The van der Waals surface area contributed by atoms with Gasteiger partial charge >= 0.3 is 22.8 Å². The predicted octanol–water partition coefficient (Wildman–Crippen LogP) is -0.553. The van der Waals surface area contributed by atoms with Gasteiger partial charge in [-0.2, -0.15) is 0 Å². The van der Waals surface area contributed by atoms with Gasteiger partial charge in [-0.05, 0) is 17.0 Å². The van der Waals surface area contributed by atoms with E-state index in [0.717, 1.165) is 0 Å². The quantitative estimate of drug-likeness (QED) is 0.611. The van der Waals surface area contributed by atoms with Crippen LogP contribution in [0.1, 0.15) is 6.42 Å². The lowest BCUT2D eigenvalue weighted by Crippen LogP contribution is -2.33. The molecule has 1 aromatic carbocycles. The summed E-state index contributed by atoms with van der Waals surface area (Å²) in [6, 6.07) is 6.74. The lowest BCUT2D eigenvalue weighted by Gasteiger charge is -2.09. The fourth-order valence-corrected chi connectivity index (χ4v) is 2.98. The Morgan fingerprint density at radius 2 is 1.92 bits per heavy atom. The Morgan fingerprint density at radius 3 is 2.46 bits per heavy atom. The van der Waals surface area contributed by atoms with E-state index in [1.54, 1.807) is 6.07 Å². The molecule has 0 saturated carbocycles. The summed E-state index contributed by atoms with van der Waals surface area (Å²) in [5.41, 5.74) is 0. The van der Waals surface area contributed by atoms with Gasteiger partial charge in [0, 0.05) is 0 Å². The van der Waals surface area contributed by atoms with Crippen molar-refractivity contribution in [3.8, 4) is 5.88 Å². The van der Waals surface area contributed by atoms with Gasteiger partial charge in [-0.3, -0.25) is 9.42 Å². The van der Waals surface area contributed by atoms with E-state index < -0.39 is 50.1 Å². The van der Waals surface area contributed by atoms with Gasteiger partial charge in [-0.1, -0.05) is 18.2 Å². The first-order valence-electron chi connectivity index (χ1n) is 6.24. The number of carboxylic acid groups (broad SMARTS) is 2. The zero-order valence-corrected chi connectivity index (χ0v) is 12.5. The van der Waals surface area contributed by atoms with Gasteiger partial charge < -0.3 is 20.2 Å². The van der Waals surface area contributed by atoms with Crippen LogP contribution in [0.15, 0.2) is 44.9 Å². The molecular weight excluding hydrogens is 348 g/mol. The van der Waals surface area contributed by atoms with Crippen LogP contribution < -0.4 is 9.64 Å². The summed E-state index contributed by atoms with van der Waals surface area (Å²) in [5.74, 6) is -4.13.